The zero-order valence-corrected chi connectivity index (χ0v) is 9.01. The van der Waals surface area contributed by atoms with Gasteiger partial charge in [0.05, 0.1) is 0 Å². The second-order valence-electron chi connectivity index (χ2n) is 2.85. The quantitative estimate of drug-likeness (QED) is 0.881. The van der Waals surface area contributed by atoms with Gasteiger partial charge in [0.2, 0.25) is 5.76 Å². The predicted molar refractivity (Wildman–Crippen MR) is 48.9 cm³/mol. The molecule has 0 aliphatic rings. The maximum Gasteiger partial charge on any atom is 0.411 e. The van der Waals surface area contributed by atoms with Crippen LogP contribution in [0.3, 0.4) is 0 Å². The summed E-state index contributed by atoms with van der Waals surface area (Å²) in [4.78, 5) is 10.4. The molecule has 0 saturated carbocycles. The van der Waals surface area contributed by atoms with Gasteiger partial charge in [0.25, 0.3) is 0 Å². The third-order valence-corrected chi connectivity index (χ3v) is 2.52. The molecule has 0 spiro atoms. The number of alkyl halides is 3. The maximum absolute atomic E-state index is 11.7. The van der Waals surface area contributed by atoms with Gasteiger partial charge in [-0.05, 0) is 12.1 Å². The van der Waals surface area contributed by atoms with Gasteiger partial charge < -0.3 is 14.3 Å². The van der Waals surface area contributed by atoms with E-state index in [4.69, 9.17) is 5.11 Å². The normalized spacial score (nSPS) is 13.6. The Morgan fingerprint density at radius 2 is 2.12 bits per heavy atom. The topological polar surface area (TPSA) is 76.7 Å². The molecule has 1 atom stereocenters. The molecule has 1 aromatic heterocycles. The Morgan fingerprint density at radius 1 is 1.47 bits per heavy atom. The number of carboxylic acid groups (broad SMARTS) is 1. The Labute approximate surface area is 95.6 Å². The lowest BCUT2D eigenvalue weighted by Crippen LogP contribution is -2.18. The summed E-state index contributed by atoms with van der Waals surface area (Å²) in [5.41, 5.74) is 0. The number of hydrogen-bond acceptors (Lipinski definition) is 4. The van der Waals surface area contributed by atoms with E-state index in [-0.39, 0.29) is 5.09 Å². The molecule has 1 N–H and O–H groups in total. The molecule has 0 aromatic carbocycles. The molecule has 5 nitrogen and oxygen atoms in total. The Morgan fingerprint density at radius 3 is 2.59 bits per heavy atom. The van der Waals surface area contributed by atoms with Gasteiger partial charge in [-0.15, -0.1) is 0 Å². The Kier molecular flexibility index (Phi) is 4.29. The maximum atomic E-state index is 11.7. The van der Waals surface area contributed by atoms with Crippen molar-refractivity contribution in [2.75, 3.05) is 12.5 Å². The summed E-state index contributed by atoms with van der Waals surface area (Å²) in [6.07, 6.45) is -4.50. The average Bonchev–Trinajstić information content (AvgIpc) is 2.63. The van der Waals surface area contributed by atoms with Crippen LogP contribution in [0.2, 0.25) is 0 Å². The lowest BCUT2D eigenvalue weighted by Gasteiger charge is -2.05. The van der Waals surface area contributed by atoms with E-state index in [1.807, 2.05) is 0 Å². The van der Waals surface area contributed by atoms with E-state index in [2.05, 4.69) is 9.15 Å². The van der Waals surface area contributed by atoms with Crippen LogP contribution in [0.15, 0.2) is 21.6 Å². The summed E-state index contributed by atoms with van der Waals surface area (Å²) < 4.78 is 55.2. The summed E-state index contributed by atoms with van der Waals surface area (Å²) in [6.45, 7) is -1.52. The Hall–Kier alpha value is -1.35. The molecule has 9 heteroatoms. The van der Waals surface area contributed by atoms with Gasteiger partial charge in [0, 0.05) is 0 Å². The highest BCUT2D eigenvalue weighted by Crippen LogP contribution is 2.16. The fourth-order valence-corrected chi connectivity index (χ4v) is 1.60. The van der Waals surface area contributed by atoms with Crippen molar-refractivity contribution in [1.82, 2.24) is 0 Å². The molecular formula is C8H7F3O5S. The molecule has 17 heavy (non-hydrogen) atoms. The summed E-state index contributed by atoms with van der Waals surface area (Å²) in [5, 5.41) is 8.24. The van der Waals surface area contributed by atoms with Crippen LogP contribution >= 0.6 is 0 Å². The van der Waals surface area contributed by atoms with E-state index < -0.39 is 41.3 Å². The van der Waals surface area contributed by atoms with Crippen LogP contribution in [0.1, 0.15) is 10.6 Å². The van der Waals surface area contributed by atoms with E-state index in [9.17, 15) is 22.2 Å². The molecule has 1 unspecified atom stereocenters. The fourth-order valence-electron chi connectivity index (χ4n) is 0.849. The number of ether oxygens (including phenoxy) is 1. The first-order valence-electron chi connectivity index (χ1n) is 4.15. The van der Waals surface area contributed by atoms with Crippen molar-refractivity contribution in [3.05, 3.63) is 17.9 Å². The van der Waals surface area contributed by atoms with Gasteiger partial charge >= 0.3 is 12.1 Å². The van der Waals surface area contributed by atoms with Gasteiger partial charge in [-0.25, -0.2) is 9.00 Å². The van der Waals surface area contributed by atoms with Gasteiger partial charge in [0.15, 0.2) is 5.09 Å². The minimum atomic E-state index is -4.50. The molecule has 1 heterocycles. The predicted octanol–water partition coefficient (Wildman–Crippen LogP) is 1.62. The third kappa shape index (κ3) is 4.57. The van der Waals surface area contributed by atoms with E-state index in [1.165, 1.54) is 0 Å². The SMILES string of the molecule is O=C(O)c1ccc(S(=O)COCC(F)(F)F)o1. The van der Waals surface area contributed by atoms with Crippen LogP contribution in [0, 0.1) is 0 Å². The summed E-state index contributed by atoms with van der Waals surface area (Å²) in [6, 6.07) is 2.16. The largest absolute Gasteiger partial charge is 0.475 e. The minimum Gasteiger partial charge on any atom is -0.475 e. The van der Waals surface area contributed by atoms with Gasteiger partial charge in [0.1, 0.15) is 23.3 Å². The van der Waals surface area contributed by atoms with Crippen molar-refractivity contribution in [3.63, 3.8) is 0 Å². The van der Waals surface area contributed by atoms with Crippen molar-refractivity contribution in [2.24, 2.45) is 0 Å². The van der Waals surface area contributed by atoms with Crippen LogP contribution in [0.5, 0.6) is 0 Å². The highest BCUT2D eigenvalue weighted by molar-refractivity contribution is 7.84. The van der Waals surface area contributed by atoms with Crippen LogP contribution in [-0.4, -0.2) is 34.0 Å². The molecule has 0 aliphatic carbocycles. The van der Waals surface area contributed by atoms with Crippen molar-refractivity contribution in [3.8, 4) is 0 Å². The van der Waals surface area contributed by atoms with Gasteiger partial charge in [-0.2, -0.15) is 13.2 Å². The monoisotopic (exact) mass is 272 g/mol. The van der Waals surface area contributed by atoms with Crippen molar-refractivity contribution >= 4 is 16.8 Å². The standard InChI is InChI=1S/C8H7F3O5S/c9-8(10,11)3-15-4-17(14)6-2-1-5(16-6)7(12)13/h1-2H,3-4H2,(H,12,13). The molecule has 1 rings (SSSR count). The molecular weight excluding hydrogens is 265 g/mol. The number of halogens is 3. The molecule has 0 fully saturated rings. The number of rotatable bonds is 5. The van der Waals surface area contributed by atoms with Crippen molar-refractivity contribution in [1.29, 1.82) is 0 Å². The van der Waals surface area contributed by atoms with E-state index >= 15 is 0 Å². The van der Waals surface area contributed by atoms with Crippen LogP contribution < -0.4 is 0 Å². The summed E-state index contributed by atoms with van der Waals surface area (Å²) in [5.74, 6) is -2.51. The number of furan rings is 1. The third-order valence-electron chi connectivity index (χ3n) is 1.47. The second-order valence-corrected chi connectivity index (χ2v) is 4.18. The Bertz CT molecular complexity index is 425. The molecule has 0 bridgehead atoms. The van der Waals surface area contributed by atoms with Crippen LogP contribution in [0.4, 0.5) is 13.2 Å². The lowest BCUT2D eigenvalue weighted by atomic mass is 10.5. The molecule has 96 valence electrons. The van der Waals surface area contributed by atoms with E-state index in [1.54, 1.807) is 0 Å². The average molecular weight is 272 g/mol. The first-order chi connectivity index (χ1) is 7.79. The molecule has 1 aromatic rings. The fraction of sp³-hybridized carbons (Fsp3) is 0.375. The smallest absolute Gasteiger partial charge is 0.411 e. The summed E-state index contributed by atoms with van der Waals surface area (Å²) >= 11 is 0. The summed E-state index contributed by atoms with van der Waals surface area (Å²) in [7, 11) is -1.97. The molecule has 0 radical (unpaired) electrons. The highest BCUT2D eigenvalue weighted by atomic mass is 32.2. The van der Waals surface area contributed by atoms with Gasteiger partial charge in [-0.1, -0.05) is 0 Å². The van der Waals surface area contributed by atoms with Crippen molar-refractivity contribution < 1.29 is 36.4 Å². The second kappa shape index (κ2) is 5.32. The number of carboxylic acids is 1. The van der Waals surface area contributed by atoms with Crippen molar-refractivity contribution in [2.45, 2.75) is 11.3 Å². The number of hydrogen-bond donors (Lipinski definition) is 1. The number of aromatic carboxylic acids is 1. The first-order valence-corrected chi connectivity index (χ1v) is 5.47. The minimum absolute atomic E-state index is 0.246. The lowest BCUT2D eigenvalue weighted by molar-refractivity contribution is -0.169. The molecule has 0 saturated heterocycles. The molecule has 0 aliphatic heterocycles. The Balaban J connectivity index is 2.50. The van der Waals surface area contributed by atoms with E-state index in [0.717, 1.165) is 12.1 Å². The zero-order chi connectivity index (χ0) is 13.1. The van der Waals surface area contributed by atoms with Crippen LogP contribution in [0.25, 0.3) is 0 Å². The highest BCUT2D eigenvalue weighted by Gasteiger charge is 2.28. The molecule has 0 amide bonds. The van der Waals surface area contributed by atoms with E-state index in [0.29, 0.717) is 0 Å². The number of carbonyl (C=O) groups is 1. The zero-order valence-electron chi connectivity index (χ0n) is 8.19. The first kappa shape index (κ1) is 13.7. The van der Waals surface area contributed by atoms with Crippen LogP contribution in [-0.2, 0) is 15.5 Å². The van der Waals surface area contributed by atoms with Gasteiger partial charge in [-0.3, -0.25) is 0 Å².